The number of carbonyl (C=O) groups excluding carboxylic acids is 4. The fraction of sp³-hybridized carbons (Fsp3) is 0.306. The Morgan fingerprint density at radius 1 is 0.852 bits per heavy atom. The van der Waals surface area contributed by atoms with Gasteiger partial charge in [0.15, 0.2) is 5.78 Å². The van der Waals surface area contributed by atoms with E-state index in [2.05, 4.69) is 10.1 Å². The molecule has 7 N–H and O–H groups in total. The van der Waals surface area contributed by atoms with Gasteiger partial charge in [-0.15, -0.1) is 0 Å². The third-order valence-electron chi connectivity index (χ3n) is 7.58. The molecule has 0 atom stereocenters. The number of ketones is 1. The van der Waals surface area contributed by atoms with Gasteiger partial charge in [-0.05, 0) is 55.3 Å². The molecule has 4 rings (SSSR count). The average Bonchev–Trinajstić information content (AvgIpc) is 3.55. The number of hydrogen-bond acceptors (Lipinski definition) is 11. The fourth-order valence-corrected chi connectivity index (χ4v) is 4.71. The van der Waals surface area contributed by atoms with E-state index in [-0.39, 0.29) is 31.4 Å². The summed E-state index contributed by atoms with van der Waals surface area (Å²) in [6.07, 6.45) is 0.363. The zero-order chi connectivity index (χ0) is 41.3. The number of alkyl halides is 3. The SMILES string of the molecule is COC(=O)/C=C/CNC(=O)c1c(C)n(C)c2ccc(CO)cc12.Cc1c(C(=O)O)c2cc(CO)ccc2n1C.NC/C=C/C(=O)CO.O=C([O-])C(F)(F)F. The number of halogens is 3. The maximum absolute atomic E-state index is 12.5. The van der Waals surface area contributed by atoms with Gasteiger partial charge in [-0.2, -0.15) is 13.2 Å². The van der Waals surface area contributed by atoms with E-state index in [9.17, 15) is 37.5 Å². The maximum Gasteiger partial charge on any atom is 0.430 e. The van der Waals surface area contributed by atoms with Crippen molar-refractivity contribution in [2.45, 2.75) is 33.2 Å². The summed E-state index contributed by atoms with van der Waals surface area (Å²) in [6.45, 7) is 3.63. The number of fused-ring (bicyclic) bond motifs is 2. The first-order chi connectivity index (χ1) is 25.3. The quantitative estimate of drug-likeness (QED) is 0.0994. The van der Waals surface area contributed by atoms with Crippen LogP contribution in [0, 0.1) is 13.8 Å². The van der Waals surface area contributed by atoms with Crippen molar-refractivity contribution in [3.05, 3.63) is 94.3 Å². The number of amides is 1. The van der Waals surface area contributed by atoms with Crippen molar-refractivity contribution in [2.24, 2.45) is 19.8 Å². The predicted molar refractivity (Wildman–Crippen MR) is 189 cm³/mol. The monoisotopic (exact) mass is 763 g/mol. The second-order valence-corrected chi connectivity index (χ2v) is 11.0. The molecule has 0 aliphatic rings. The Morgan fingerprint density at radius 2 is 1.31 bits per heavy atom. The van der Waals surface area contributed by atoms with E-state index in [0.29, 0.717) is 23.1 Å². The number of nitrogens with zero attached hydrogens (tertiary/aromatic N) is 2. The van der Waals surface area contributed by atoms with Crippen LogP contribution < -0.4 is 16.2 Å². The Balaban J connectivity index is 0.000000405. The number of nitrogens with one attached hydrogen (secondary N) is 1. The number of ether oxygens (including phenoxy) is 1. The Labute approximate surface area is 307 Å². The van der Waals surface area contributed by atoms with Crippen LogP contribution in [0.5, 0.6) is 0 Å². The molecule has 0 spiro atoms. The van der Waals surface area contributed by atoms with Gasteiger partial charge in [-0.3, -0.25) is 9.59 Å². The van der Waals surface area contributed by atoms with Crippen molar-refractivity contribution >= 4 is 51.4 Å². The van der Waals surface area contributed by atoms with E-state index in [1.165, 1.54) is 31.4 Å². The van der Waals surface area contributed by atoms with Crippen LogP contribution in [0.4, 0.5) is 13.2 Å². The van der Waals surface area contributed by atoms with Gasteiger partial charge in [0.25, 0.3) is 5.91 Å². The van der Waals surface area contributed by atoms with Crippen LogP contribution in [0.15, 0.2) is 60.7 Å². The first-order valence-corrected chi connectivity index (χ1v) is 15.7. The minimum Gasteiger partial charge on any atom is -0.542 e. The minimum atomic E-state index is -5.19. The van der Waals surface area contributed by atoms with E-state index in [1.54, 1.807) is 19.1 Å². The number of aliphatic hydroxyl groups is 3. The molecule has 0 saturated heterocycles. The molecule has 18 heteroatoms. The smallest absolute Gasteiger partial charge is 0.430 e. The summed E-state index contributed by atoms with van der Waals surface area (Å²) >= 11 is 0. The molecule has 0 radical (unpaired) electrons. The van der Waals surface area contributed by atoms with Crippen molar-refractivity contribution in [1.29, 1.82) is 0 Å². The van der Waals surface area contributed by atoms with Crippen molar-refractivity contribution in [1.82, 2.24) is 14.5 Å². The number of benzene rings is 2. The van der Waals surface area contributed by atoms with Crippen LogP contribution in [-0.2, 0) is 46.4 Å². The highest BCUT2D eigenvalue weighted by atomic mass is 19.4. The summed E-state index contributed by atoms with van der Waals surface area (Å²) < 4.78 is 39.8. The number of esters is 1. The van der Waals surface area contributed by atoms with Gasteiger partial charge in [-0.25, -0.2) is 9.59 Å². The number of aryl methyl sites for hydroxylation is 2. The second kappa shape index (κ2) is 21.6. The maximum atomic E-state index is 12.5. The Kier molecular flexibility index (Phi) is 18.5. The topological polar surface area (TPSA) is 246 Å². The lowest BCUT2D eigenvalue weighted by molar-refractivity contribution is -0.344. The Hall–Kier alpha value is -5.82. The van der Waals surface area contributed by atoms with Crippen LogP contribution in [0.1, 0.15) is 43.2 Å². The third-order valence-corrected chi connectivity index (χ3v) is 7.58. The van der Waals surface area contributed by atoms with Gasteiger partial charge in [0, 0.05) is 66.5 Å². The number of rotatable bonds is 10. The second-order valence-electron chi connectivity index (χ2n) is 11.0. The molecule has 0 aliphatic heterocycles. The molecule has 0 fully saturated rings. The number of aromatic carboxylic acids is 1. The van der Waals surface area contributed by atoms with E-state index in [1.807, 2.05) is 54.4 Å². The first-order valence-electron chi connectivity index (χ1n) is 15.7. The van der Waals surface area contributed by atoms with Crippen LogP contribution in [0.25, 0.3) is 21.8 Å². The highest BCUT2D eigenvalue weighted by molar-refractivity contribution is 6.08. The zero-order valence-electron chi connectivity index (χ0n) is 30.1. The molecule has 2 heterocycles. The van der Waals surface area contributed by atoms with Crippen molar-refractivity contribution in [3.63, 3.8) is 0 Å². The van der Waals surface area contributed by atoms with Gasteiger partial charge in [0.1, 0.15) is 12.6 Å². The summed E-state index contributed by atoms with van der Waals surface area (Å²) in [7, 11) is 5.02. The molecule has 0 bridgehead atoms. The minimum absolute atomic E-state index is 0.0766. The van der Waals surface area contributed by atoms with Gasteiger partial charge in [-0.1, -0.05) is 24.3 Å². The van der Waals surface area contributed by atoms with E-state index >= 15 is 0 Å². The predicted octanol–water partition coefficient (Wildman–Crippen LogP) is 1.48. The van der Waals surface area contributed by atoms with Gasteiger partial charge in [0.2, 0.25) is 0 Å². The van der Waals surface area contributed by atoms with Crippen molar-refractivity contribution in [2.75, 3.05) is 26.8 Å². The molecular weight excluding hydrogens is 721 g/mol. The number of nitrogens with two attached hydrogens (primary N) is 1. The number of carboxylic acids is 2. The number of aliphatic hydroxyl groups excluding tert-OH is 3. The molecule has 1 amide bonds. The molecule has 294 valence electrons. The molecule has 4 aromatic rings. The Morgan fingerprint density at radius 3 is 1.70 bits per heavy atom. The fourth-order valence-electron chi connectivity index (χ4n) is 4.71. The lowest BCUT2D eigenvalue weighted by atomic mass is 10.1. The third kappa shape index (κ3) is 13.0. The number of carbonyl (C=O) groups is 5. The molecule has 0 aliphatic carbocycles. The zero-order valence-corrected chi connectivity index (χ0v) is 30.1. The molecule has 2 aromatic carbocycles. The van der Waals surface area contributed by atoms with E-state index in [4.69, 9.17) is 31.0 Å². The normalized spacial score (nSPS) is 11.0. The van der Waals surface area contributed by atoms with Crippen LogP contribution in [0.2, 0.25) is 0 Å². The summed E-state index contributed by atoms with van der Waals surface area (Å²) in [5.41, 5.74) is 10.7. The van der Waals surface area contributed by atoms with E-state index in [0.717, 1.165) is 38.9 Å². The van der Waals surface area contributed by atoms with E-state index < -0.39 is 30.7 Å². The number of methoxy groups -OCH3 is 1. The largest absolute Gasteiger partial charge is 0.542 e. The molecule has 0 saturated carbocycles. The first kappa shape index (κ1) is 46.2. The summed E-state index contributed by atoms with van der Waals surface area (Å²) in [4.78, 5) is 53.6. The van der Waals surface area contributed by atoms with Crippen molar-refractivity contribution < 1.29 is 67.4 Å². The van der Waals surface area contributed by atoms with Gasteiger partial charge < -0.3 is 55.2 Å². The number of aliphatic carboxylic acids is 1. The average molecular weight is 764 g/mol. The molecule has 54 heavy (non-hydrogen) atoms. The summed E-state index contributed by atoms with van der Waals surface area (Å²) in [6, 6.07) is 10.9. The lowest BCUT2D eigenvalue weighted by Crippen LogP contribution is -2.37. The highest BCUT2D eigenvalue weighted by Crippen LogP contribution is 2.27. The van der Waals surface area contributed by atoms with Crippen molar-refractivity contribution in [3.8, 4) is 0 Å². The molecule has 15 nitrogen and oxygen atoms in total. The summed E-state index contributed by atoms with van der Waals surface area (Å²) in [5, 5.41) is 48.6. The Bertz CT molecular complexity index is 2010. The molecular formula is C36H42F3N4O11-. The standard InChI is InChI=1S/C17H20N2O4.C12H13NO3.C5H9NO2.C2HF3O2/c1-11-16(17(22)18-8-4-5-15(21)23-3)13-9-12(10-20)6-7-14(13)19(11)2;1-7-11(12(15)16)9-5-8(6-14)3-4-10(9)13(7)2;6-3-1-2-5(8)4-7;3-2(4,5)1(6)7/h4-7,9,20H,8,10H2,1-3H3,(H,18,22);3-5,14H,6H2,1-2H3,(H,15,16);1-2,7H,3-4,6H2;(H,6,7)/p-1/b5-4+;;2-1+;. The molecule has 2 aromatic heterocycles. The highest BCUT2D eigenvalue weighted by Gasteiger charge is 2.28. The number of aromatic nitrogens is 2. The van der Waals surface area contributed by atoms with Crippen LogP contribution in [0.3, 0.4) is 0 Å². The number of carboxylic acid groups (broad SMARTS) is 2. The van der Waals surface area contributed by atoms with Gasteiger partial charge >= 0.3 is 18.1 Å². The number of hydrogen-bond donors (Lipinski definition) is 6. The van der Waals surface area contributed by atoms with Crippen LogP contribution >= 0.6 is 0 Å². The van der Waals surface area contributed by atoms with Crippen LogP contribution in [-0.4, -0.2) is 92.1 Å². The summed E-state index contributed by atoms with van der Waals surface area (Å²) in [5.74, 6) is -4.94. The lowest BCUT2D eigenvalue weighted by Gasteiger charge is -2.03. The van der Waals surface area contributed by atoms with Gasteiger partial charge in [0.05, 0.1) is 31.5 Å². The molecule has 0 unspecified atom stereocenters.